The maximum absolute atomic E-state index is 11.3. The summed E-state index contributed by atoms with van der Waals surface area (Å²) in [5.74, 6) is -0.176. The second kappa shape index (κ2) is 6.02. The number of carbonyl (C=O) groups is 1. The third kappa shape index (κ3) is 5.97. The largest absolute Gasteiger partial charge is 0.463 e. The first kappa shape index (κ1) is 13.4. The maximum atomic E-state index is 11.3. The molecule has 0 saturated carbocycles. The van der Waals surface area contributed by atoms with Gasteiger partial charge in [-0.2, -0.15) is 0 Å². The van der Waals surface area contributed by atoms with Crippen molar-refractivity contribution in [2.24, 2.45) is 5.41 Å². The summed E-state index contributed by atoms with van der Waals surface area (Å²) in [5, 5.41) is 0. The Morgan fingerprint density at radius 1 is 1.29 bits per heavy atom. The van der Waals surface area contributed by atoms with Crippen molar-refractivity contribution in [3.05, 3.63) is 0 Å². The lowest BCUT2D eigenvalue weighted by Gasteiger charge is -2.17. The van der Waals surface area contributed by atoms with Crippen LogP contribution in [0.2, 0.25) is 0 Å². The minimum Gasteiger partial charge on any atom is -0.463 e. The van der Waals surface area contributed by atoms with E-state index in [1.54, 1.807) is 0 Å². The second-order valence-electron chi connectivity index (χ2n) is 4.48. The van der Waals surface area contributed by atoms with Crippen LogP contribution in [-0.2, 0) is 14.3 Å². The van der Waals surface area contributed by atoms with Crippen LogP contribution in [0.3, 0.4) is 0 Å². The van der Waals surface area contributed by atoms with E-state index in [1.165, 1.54) is 0 Å². The Bertz CT molecular complexity index is 170. The molecule has 1 unspecified atom stereocenters. The summed E-state index contributed by atoms with van der Waals surface area (Å²) in [6.07, 6.45) is 1.22. The van der Waals surface area contributed by atoms with Crippen LogP contribution in [0.1, 0.15) is 41.0 Å². The van der Waals surface area contributed by atoms with Gasteiger partial charge in [0.1, 0.15) is 6.61 Å². The first-order chi connectivity index (χ1) is 6.38. The molecule has 0 spiro atoms. The topological polar surface area (TPSA) is 35.5 Å². The van der Waals surface area contributed by atoms with Gasteiger partial charge in [-0.05, 0) is 34.1 Å². The summed E-state index contributed by atoms with van der Waals surface area (Å²) in [4.78, 5) is 11.3. The van der Waals surface area contributed by atoms with Crippen LogP contribution in [-0.4, -0.2) is 25.3 Å². The van der Waals surface area contributed by atoms with Crippen LogP contribution < -0.4 is 0 Å². The fraction of sp³-hybridized carbons (Fsp3) is 0.909. The average molecular weight is 202 g/mol. The first-order valence-corrected chi connectivity index (χ1v) is 5.16. The molecule has 3 heteroatoms. The van der Waals surface area contributed by atoms with Crippen LogP contribution in [0, 0.1) is 5.41 Å². The lowest BCUT2D eigenvalue weighted by atomic mass is 9.97. The van der Waals surface area contributed by atoms with E-state index in [9.17, 15) is 4.79 Å². The molecule has 0 aliphatic heterocycles. The highest BCUT2D eigenvalue weighted by atomic mass is 16.6. The normalized spacial score (nSPS) is 13.8. The molecule has 0 amide bonds. The molecule has 0 rings (SSSR count). The molecule has 0 aromatic heterocycles. The van der Waals surface area contributed by atoms with E-state index in [1.807, 2.05) is 27.7 Å². The zero-order chi connectivity index (χ0) is 11.2. The first-order valence-electron chi connectivity index (χ1n) is 5.16. The Labute approximate surface area is 86.8 Å². The van der Waals surface area contributed by atoms with Gasteiger partial charge >= 0.3 is 5.97 Å². The molecule has 0 aromatic rings. The summed E-state index contributed by atoms with van der Waals surface area (Å²) < 4.78 is 10.4. The van der Waals surface area contributed by atoms with E-state index in [4.69, 9.17) is 9.47 Å². The molecule has 0 N–H and O–H groups in total. The lowest BCUT2D eigenvalue weighted by Crippen LogP contribution is -2.25. The van der Waals surface area contributed by atoms with Gasteiger partial charge in [0.25, 0.3) is 0 Å². The van der Waals surface area contributed by atoms with E-state index in [0.717, 1.165) is 6.42 Å². The molecule has 1 atom stereocenters. The Balaban J connectivity index is 3.51. The fourth-order valence-corrected chi connectivity index (χ4v) is 0.718. The summed E-state index contributed by atoms with van der Waals surface area (Å²) in [6, 6.07) is 0. The van der Waals surface area contributed by atoms with E-state index >= 15 is 0 Å². The predicted molar refractivity (Wildman–Crippen MR) is 56.1 cm³/mol. The third-order valence-electron chi connectivity index (χ3n) is 1.91. The minimum atomic E-state index is -0.420. The van der Waals surface area contributed by atoms with E-state index in [0.29, 0.717) is 13.2 Å². The maximum Gasteiger partial charge on any atom is 0.311 e. The molecule has 0 aliphatic rings. The van der Waals surface area contributed by atoms with E-state index < -0.39 is 5.41 Å². The standard InChI is InChI=1S/C11H22O3/c1-6-9(2)13-7-8-14-10(12)11(3,4)5/h9H,6-8H2,1-5H3. The zero-order valence-electron chi connectivity index (χ0n) is 9.92. The van der Waals surface area contributed by atoms with Crippen LogP contribution >= 0.6 is 0 Å². The second-order valence-corrected chi connectivity index (χ2v) is 4.48. The van der Waals surface area contributed by atoms with Crippen molar-refractivity contribution in [1.29, 1.82) is 0 Å². The average Bonchev–Trinajstić information content (AvgIpc) is 2.09. The lowest BCUT2D eigenvalue weighted by molar-refractivity contribution is -0.155. The number of carbonyl (C=O) groups excluding carboxylic acids is 1. The molecule has 84 valence electrons. The van der Waals surface area contributed by atoms with Crippen molar-refractivity contribution in [2.75, 3.05) is 13.2 Å². The fourth-order valence-electron chi connectivity index (χ4n) is 0.718. The number of esters is 1. The van der Waals surface area contributed by atoms with Crippen LogP contribution in [0.5, 0.6) is 0 Å². The van der Waals surface area contributed by atoms with E-state index in [2.05, 4.69) is 6.92 Å². The summed E-state index contributed by atoms with van der Waals surface area (Å²) in [7, 11) is 0. The van der Waals surface area contributed by atoms with Crippen molar-refractivity contribution in [1.82, 2.24) is 0 Å². The van der Waals surface area contributed by atoms with Gasteiger partial charge in [0, 0.05) is 0 Å². The molecule has 0 heterocycles. The van der Waals surface area contributed by atoms with Gasteiger partial charge in [-0.1, -0.05) is 6.92 Å². The quantitative estimate of drug-likeness (QED) is 0.507. The Morgan fingerprint density at radius 3 is 2.29 bits per heavy atom. The summed E-state index contributed by atoms with van der Waals surface area (Å²) >= 11 is 0. The number of hydrogen-bond acceptors (Lipinski definition) is 3. The molecule has 0 aliphatic carbocycles. The summed E-state index contributed by atoms with van der Waals surface area (Å²) in [5.41, 5.74) is -0.420. The Morgan fingerprint density at radius 2 is 1.86 bits per heavy atom. The molecule has 0 radical (unpaired) electrons. The van der Waals surface area contributed by atoms with Crippen LogP contribution in [0.15, 0.2) is 0 Å². The molecule has 0 aromatic carbocycles. The van der Waals surface area contributed by atoms with Gasteiger partial charge in [-0.15, -0.1) is 0 Å². The Kier molecular flexibility index (Phi) is 5.77. The smallest absolute Gasteiger partial charge is 0.311 e. The van der Waals surface area contributed by atoms with Gasteiger partial charge in [-0.3, -0.25) is 4.79 Å². The van der Waals surface area contributed by atoms with Crippen molar-refractivity contribution in [3.8, 4) is 0 Å². The van der Waals surface area contributed by atoms with E-state index in [-0.39, 0.29) is 12.1 Å². The monoisotopic (exact) mass is 202 g/mol. The predicted octanol–water partition coefficient (Wildman–Crippen LogP) is 2.39. The molecule has 3 nitrogen and oxygen atoms in total. The molecule has 0 saturated heterocycles. The van der Waals surface area contributed by atoms with Gasteiger partial charge < -0.3 is 9.47 Å². The summed E-state index contributed by atoms with van der Waals surface area (Å²) in [6.45, 7) is 10.4. The van der Waals surface area contributed by atoms with Crippen molar-refractivity contribution in [3.63, 3.8) is 0 Å². The Hall–Kier alpha value is -0.570. The van der Waals surface area contributed by atoms with Crippen LogP contribution in [0.4, 0.5) is 0 Å². The SMILES string of the molecule is CCC(C)OCCOC(=O)C(C)(C)C. The van der Waals surface area contributed by atoms with Gasteiger partial charge in [0.2, 0.25) is 0 Å². The molecule has 0 fully saturated rings. The zero-order valence-corrected chi connectivity index (χ0v) is 9.92. The highest BCUT2D eigenvalue weighted by Gasteiger charge is 2.22. The molecule has 14 heavy (non-hydrogen) atoms. The third-order valence-corrected chi connectivity index (χ3v) is 1.91. The number of rotatable bonds is 5. The number of hydrogen-bond donors (Lipinski definition) is 0. The van der Waals surface area contributed by atoms with Gasteiger partial charge in [0.15, 0.2) is 0 Å². The van der Waals surface area contributed by atoms with Crippen molar-refractivity contribution < 1.29 is 14.3 Å². The highest BCUT2D eigenvalue weighted by molar-refractivity contribution is 5.75. The number of ether oxygens (including phenoxy) is 2. The van der Waals surface area contributed by atoms with Gasteiger partial charge in [-0.25, -0.2) is 0 Å². The highest BCUT2D eigenvalue weighted by Crippen LogP contribution is 2.14. The minimum absolute atomic E-state index is 0.176. The molecular formula is C11H22O3. The van der Waals surface area contributed by atoms with Crippen molar-refractivity contribution in [2.45, 2.75) is 47.1 Å². The van der Waals surface area contributed by atoms with Crippen molar-refractivity contribution >= 4 is 5.97 Å². The van der Waals surface area contributed by atoms with Gasteiger partial charge in [0.05, 0.1) is 18.1 Å². The molecule has 0 bridgehead atoms. The van der Waals surface area contributed by atoms with Crippen LogP contribution in [0.25, 0.3) is 0 Å². The molecular weight excluding hydrogens is 180 g/mol.